The van der Waals surface area contributed by atoms with Gasteiger partial charge in [0.15, 0.2) is 0 Å². The van der Waals surface area contributed by atoms with Gasteiger partial charge >= 0.3 is 0 Å². The van der Waals surface area contributed by atoms with E-state index in [1.54, 1.807) is 0 Å². The molecule has 0 heterocycles. The molecule has 0 aliphatic carbocycles. The van der Waals surface area contributed by atoms with E-state index in [2.05, 4.69) is 13.0 Å². The van der Waals surface area contributed by atoms with Gasteiger partial charge in [-0.15, -0.1) is 0 Å². The van der Waals surface area contributed by atoms with Crippen molar-refractivity contribution in [2.24, 2.45) is 0 Å². The lowest BCUT2D eigenvalue weighted by Gasteiger charge is -2.05. The number of unbranched alkanes of at least 4 members (excludes halogenated alkanes) is 3. The molecule has 2 N–H and O–H groups in total. The van der Waals surface area contributed by atoms with Crippen molar-refractivity contribution >= 4 is 0 Å². The summed E-state index contributed by atoms with van der Waals surface area (Å²) in [6, 6.07) is 0. The van der Waals surface area contributed by atoms with Gasteiger partial charge in [-0.3, -0.25) is 0 Å². The summed E-state index contributed by atoms with van der Waals surface area (Å²) in [7, 11) is 0. The van der Waals surface area contributed by atoms with Gasteiger partial charge in [-0.2, -0.15) is 0 Å². The fraction of sp³-hybridized carbons (Fsp3) is 0.833. The summed E-state index contributed by atoms with van der Waals surface area (Å²) >= 11 is 0. The van der Waals surface area contributed by atoms with Crippen LogP contribution in [0.5, 0.6) is 0 Å². The first-order chi connectivity index (χ1) is 6.85. The summed E-state index contributed by atoms with van der Waals surface area (Å²) in [5, 5.41) is 17.4. The summed E-state index contributed by atoms with van der Waals surface area (Å²) in [5.74, 6) is 0. The molecular formula is C12H24O2. The first kappa shape index (κ1) is 13.7. The van der Waals surface area contributed by atoms with Crippen LogP contribution in [-0.2, 0) is 0 Å². The van der Waals surface area contributed by atoms with Crippen molar-refractivity contribution in [3.05, 3.63) is 11.6 Å². The van der Waals surface area contributed by atoms with Gasteiger partial charge < -0.3 is 10.2 Å². The molecule has 0 saturated heterocycles. The Morgan fingerprint density at radius 3 is 2.21 bits per heavy atom. The van der Waals surface area contributed by atoms with E-state index in [1.165, 1.54) is 18.4 Å². The molecule has 0 unspecified atom stereocenters. The third-order valence-corrected chi connectivity index (χ3v) is 2.33. The van der Waals surface area contributed by atoms with E-state index in [1.807, 2.05) is 0 Å². The Balaban J connectivity index is 3.46. The molecule has 0 aliphatic rings. The smallest absolute Gasteiger partial charge is 0.0468 e. The number of allylic oxidation sites excluding steroid dienone is 1. The zero-order chi connectivity index (χ0) is 10.6. The predicted molar refractivity (Wildman–Crippen MR) is 60.2 cm³/mol. The normalized spacial score (nSPS) is 12.1. The van der Waals surface area contributed by atoms with E-state index in [0.717, 1.165) is 32.1 Å². The second-order valence-corrected chi connectivity index (χ2v) is 3.63. The second-order valence-electron chi connectivity index (χ2n) is 3.63. The standard InChI is InChI=1S/C12H24O2/c1-2-7-12(9-11-14)8-5-3-4-6-10-13/h7,13-14H,2-6,8-11H2,1H3/b12-7-. The lowest BCUT2D eigenvalue weighted by atomic mass is 10.0. The van der Waals surface area contributed by atoms with E-state index in [9.17, 15) is 0 Å². The number of hydrogen-bond donors (Lipinski definition) is 2. The fourth-order valence-electron chi connectivity index (χ4n) is 1.58. The van der Waals surface area contributed by atoms with Crippen molar-refractivity contribution < 1.29 is 10.2 Å². The molecule has 0 radical (unpaired) electrons. The molecular weight excluding hydrogens is 176 g/mol. The molecule has 14 heavy (non-hydrogen) atoms. The molecule has 0 bridgehead atoms. The molecule has 0 aliphatic heterocycles. The lowest BCUT2D eigenvalue weighted by Crippen LogP contribution is -1.90. The summed E-state index contributed by atoms with van der Waals surface area (Å²) in [5.41, 5.74) is 1.39. The molecule has 2 nitrogen and oxygen atoms in total. The van der Waals surface area contributed by atoms with Crippen LogP contribution in [0.3, 0.4) is 0 Å². The average Bonchev–Trinajstić information content (AvgIpc) is 2.18. The summed E-state index contributed by atoms with van der Waals surface area (Å²) < 4.78 is 0. The maximum Gasteiger partial charge on any atom is 0.0468 e. The van der Waals surface area contributed by atoms with Crippen molar-refractivity contribution in [2.75, 3.05) is 13.2 Å². The SMILES string of the molecule is CC/C=C(\CCO)CCCCCCO. The number of hydrogen-bond acceptors (Lipinski definition) is 2. The van der Waals surface area contributed by atoms with E-state index in [4.69, 9.17) is 10.2 Å². The van der Waals surface area contributed by atoms with Gasteiger partial charge in [0.25, 0.3) is 0 Å². The van der Waals surface area contributed by atoms with Crippen LogP contribution < -0.4 is 0 Å². The maximum absolute atomic E-state index is 8.83. The first-order valence-electron chi connectivity index (χ1n) is 5.74. The zero-order valence-corrected chi connectivity index (χ0v) is 9.34. The fourth-order valence-corrected chi connectivity index (χ4v) is 1.58. The van der Waals surface area contributed by atoms with Crippen LogP contribution in [0.1, 0.15) is 51.9 Å². The van der Waals surface area contributed by atoms with E-state index in [0.29, 0.717) is 6.61 Å². The van der Waals surface area contributed by atoms with Crippen molar-refractivity contribution in [2.45, 2.75) is 51.9 Å². The van der Waals surface area contributed by atoms with Gasteiger partial charge in [-0.25, -0.2) is 0 Å². The van der Waals surface area contributed by atoms with Crippen LogP contribution in [0, 0.1) is 0 Å². The predicted octanol–water partition coefficient (Wildman–Crippen LogP) is 2.65. The summed E-state index contributed by atoms with van der Waals surface area (Å²) in [6.45, 7) is 2.71. The molecule has 0 fully saturated rings. The van der Waals surface area contributed by atoms with Crippen molar-refractivity contribution in [1.29, 1.82) is 0 Å². The van der Waals surface area contributed by atoms with Crippen LogP contribution in [0.2, 0.25) is 0 Å². The highest BCUT2D eigenvalue weighted by molar-refractivity contribution is 5.01. The number of aliphatic hydroxyl groups excluding tert-OH is 2. The van der Waals surface area contributed by atoms with Crippen LogP contribution in [0.25, 0.3) is 0 Å². The monoisotopic (exact) mass is 200 g/mol. The minimum absolute atomic E-state index is 0.266. The number of rotatable bonds is 9. The highest BCUT2D eigenvalue weighted by atomic mass is 16.3. The Morgan fingerprint density at radius 1 is 0.929 bits per heavy atom. The Labute approximate surface area is 87.7 Å². The Morgan fingerprint density at radius 2 is 1.64 bits per heavy atom. The largest absolute Gasteiger partial charge is 0.396 e. The number of aliphatic hydroxyl groups is 2. The third kappa shape index (κ3) is 8.27. The Bertz CT molecular complexity index is 141. The molecule has 0 atom stereocenters. The highest BCUT2D eigenvalue weighted by Crippen LogP contribution is 2.13. The quantitative estimate of drug-likeness (QED) is 0.444. The molecule has 2 heteroatoms. The summed E-state index contributed by atoms with van der Waals surface area (Å²) in [4.78, 5) is 0. The van der Waals surface area contributed by atoms with E-state index in [-0.39, 0.29) is 6.61 Å². The minimum Gasteiger partial charge on any atom is -0.396 e. The lowest BCUT2D eigenvalue weighted by molar-refractivity contribution is 0.282. The zero-order valence-electron chi connectivity index (χ0n) is 9.34. The van der Waals surface area contributed by atoms with Gasteiger partial charge in [0.05, 0.1) is 0 Å². The van der Waals surface area contributed by atoms with Crippen molar-refractivity contribution in [3.63, 3.8) is 0 Å². The van der Waals surface area contributed by atoms with Gasteiger partial charge in [0, 0.05) is 13.2 Å². The molecule has 0 spiro atoms. The Hall–Kier alpha value is -0.340. The van der Waals surface area contributed by atoms with Gasteiger partial charge in [0.1, 0.15) is 0 Å². The third-order valence-electron chi connectivity index (χ3n) is 2.33. The highest BCUT2D eigenvalue weighted by Gasteiger charge is 1.96. The van der Waals surface area contributed by atoms with Gasteiger partial charge in [0.2, 0.25) is 0 Å². The van der Waals surface area contributed by atoms with Crippen molar-refractivity contribution in [1.82, 2.24) is 0 Å². The minimum atomic E-state index is 0.266. The average molecular weight is 200 g/mol. The van der Waals surface area contributed by atoms with Crippen LogP contribution in [0.15, 0.2) is 11.6 Å². The van der Waals surface area contributed by atoms with Gasteiger partial charge in [-0.1, -0.05) is 31.4 Å². The van der Waals surface area contributed by atoms with Gasteiger partial charge in [-0.05, 0) is 32.1 Å². The molecule has 0 aromatic carbocycles. The van der Waals surface area contributed by atoms with Crippen LogP contribution >= 0.6 is 0 Å². The van der Waals surface area contributed by atoms with Crippen molar-refractivity contribution in [3.8, 4) is 0 Å². The maximum atomic E-state index is 8.83. The molecule has 0 aromatic heterocycles. The Kier molecular flexibility index (Phi) is 10.5. The molecule has 0 aromatic rings. The second kappa shape index (κ2) is 10.7. The van der Waals surface area contributed by atoms with E-state index < -0.39 is 0 Å². The first-order valence-corrected chi connectivity index (χ1v) is 5.74. The molecule has 0 saturated carbocycles. The van der Waals surface area contributed by atoms with E-state index >= 15 is 0 Å². The molecule has 84 valence electrons. The topological polar surface area (TPSA) is 40.5 Å². The van der Waals surface area contributed by atoms with Crippen LogP contribution in [0.4, 0.5) is 0 Å². The van der Waals surface area contributed by atoms with Crippen LogP contribution in [-0.4, -0.2) is 23.4 Å². The summed E-state index contributed by atoms with van der Waals surface area (Å²) in [6.07, 6.45) is 9.64. The molecule has 0 amide bonds. The molecule has 0 rings (SSSR count).